The van der Waals surface area contributed by atoms with E-state index in [4.69, 9.17) is 4.74 Å². The normalized spacial score (nSPS) is 18.8. The first-order chi connectivity index (χ1) is 15.1. The first-order valence-electron chi connectivity index (χ1n) is 10.8. The molecule has 0 saturated carbocycles. The number of nitrogens with zero attached hydrogens (tertiary/aromatic N) is 3. The highest BCUT2D eigenvalue weighted by molar-refractivity contribution is 7.99. The Bertz CT molecular complexity index is 1130. The van der Waals surface area contributed by atoms with E-state index in [1.54, 1.807) is 34.8 Å². The number of rotatable bonds is 9. The zero-order chi connectivity index (χ0) is 23.5. The van der Waals surface area contributed by atoms with Gasteiger partial charge < -0.3 is 9.64 Å². The molecule has 0 spiro atoms. The molecule has 2 unspecified atom stereocenters. The fraction of sp³-hybridized carbons (Fsp3) is 0.591. The molecule has 1 saturated heterocycles. The molecule has 1 aromatic carbocycles. The number of benzene rings is 1. The van der Waals surface area contributed by atoms with E-state index in [9.17, 15) is 18.0 Å². The van der Waals surface area contributed by atoms with Crippen molar-refractivity contribution in [2.45, 2.75) is 44.4 Å². The zero-order valence-electron chi connectivity index (χ0n) is 19.0. The highest BCUT2D eigenvalue weighted by Gasteiger charge is 2.35. The molecule has 0 N–H and O–H groups in total. The molecule has 2 aromatic rings. The van der Waals surface area contributed by atoms with E-state index in [1.165, 1.54) is 11.8 Å². The minimum atomic E-state index is -3.10. The molecule has 176 valence electrons. The van der Waals surface area contributed by atoms with Crippen LogP contribution in [0.15, 0.2) is 34.2 Å². The van der Waals surface area contributed by atoms with Crippen molar-refractivity contribution in [3.8, 4) is 0 Å². The van der Waals surface area contributed by atoms with Crippen molar-refractivity contribution >= 4 is 38.4 Å². The second kappa shape index (κ2) is 10.4. The summed E-state index contributed by atoms with van der Waals surface area (Å²) in [5.74, 6) is 0.283. The largest absolute Gasteiger partial charge is 0.383 e. The lowest BCUT2D eigenvalue weighted by Gasteiger charge is -2.30. The van der Waals surface area contributed by atoms with Gasteiger partial charge in [-0.25, -0.2) is 13.4 Å². The number of thioether (sulfide) groups is 1. The van der Waals surface area contributed by atoms with Crippen LogP contribution in [0.5, 0.6) is 0 Å². The summed E-state index contributed by atoms with van der Waals surface area (Å²) in [6, 6.07) is 6.59. The van der Waals surface area contributed by atoms with Crippen molar-refractivity contribution in [1.82, 2.24) is 14.5 Å². The predicted molar refractivity (Wildman–Crippen MR) is 127 cm³/mol. The van der Waals surface area contributed by atoms with Crippen LogP contribution in [-0.4, -0.2) is 72.3 Å². The van der Waals surface area contributed by atoms with Gasteiger partial charge in [0.05, 0.1) is 40.8 Å². The van der Waals surface area contributed by atoms with E-state index in [-0.39, 0.29) is 46.7 Å². The molecular formula is C22H31N3O5S2. The summed E-state index contributed by atoms with van der Waals surface area (Å²) in [6.45, 7) is 6.72. The topological polar surface area (TPSA) is 98.6 Å². The Hall–Kier alpha value is -1.91. The maximum Gasteiger partial charge on any atom is 0.262 e. The molecule has 8 nitrogen and oxygen atoms in total. The minimum absolute atomic E-state index is 0.0138. The van der Waals surface area contributed by atoms with Crippen LogP contribution in [0, 0.1) is 5.92 Å². The zero-order valence-corrected chi connectivity index (χ0v) is 20.6. The van der Waals surface area contributed by atoms with Gasteiger partial charge in [0.1, 0.15) is 0 Å². The Labute approximate surface area is 193 Å². The number of hydrogen-bond donors (Lipinski definition) is 0. The lowest BCUT2D eigenvalue weighted by atomic mass is 10.1. The van der Waals surface area contributed by atoms with Crippen molar-refractivity contribution < 1.29 is 17.9 Å². The van der Waals surface area contributed by atoms with Crippen LogP contribution in [0.25, 0.3) is 10.9 Å². The average Bonchev–Trinajstić information content (AvgIpc) is 3.09. The minimum Gasteiger partial charge on any atom is -0.383 e. The van der Waals surface area contributed by atoms with Crippen molar-refractivity contribution in [2.24, 2.45) is 5.92 Å². The van der Waals surface area contributed by atoms with Crippen molar-refractivity contribution in [2.75, 3.05) is 37.5 Å². The molecule has 2 atom stereocenters. The number of methoxy groups -OCH3 is 1. The number of sulfone groups is 1. The highest BCUT2D eigenvalue weighted by atomic mass is 32.2. The number of hydrogen-bond acceptors (Lipinski definition) is 7. The van der Waals surface area contributed by atoms with Gasteiger partial charge in [-0.15, -0.1) is 0 Å². The Kier molecular flexibility index (Phi) is 8.00. The van der Waals surface area contributed by atoms with Gasteiger partial charge in [0, 0.05) is 19.7 Å². The summed E-state index contributed by atoms with van der Waals surface area (Å²) in [5, 5.41) is 0.971. The summed E-state index contributed by atoms with van der Waals surface area (Å²) >= 11 is 1.21. The van der Waals surface area contributed by atoms with Gasteiger partial charge in [0.25, 0.3) is 5.56 Å². The maximum absolute atomic E-state index is 13.2. The van der Waals surface area contributed by atoms with Gasteiger partial charge >= 0.3 is 0 Å². The summed E-state index contributed by atoms with van der Waals surface area (Å²) in [4.78, 5) is 32.7. The maximum atomic E-state index is 13.2. The standard InChI is InChI=1S/C22H31N3O5S2/c1-15(2)11-24(17-9-10-32(28,29)14-17)20(26)13-31-22-23-19-8-6-5-7-18(19)21(27)25(22)16(3)12-30-4/h5-8,15-17H,9-14H2,1-4H3. The molecule has 1 aliphatic rings. The summed E-state index contributed by atoms with van der Waals surface area (Å²) < 4.78 is 30.8. The first-order valence-corrected chi connectivity index (χ1v) is 13.6. The summed E-state index contributed by atoms with van der Waals surface area (Å²) in [5.41, 5.74) is 0.408. The van der Waals surface area contributed by atoms with Gasteiger partial charge in [-0.2, -0.15) is 0 Å². The molecule has 0 aliphatic carbocycles. The predicted octanol–water partition coefficient (Wildman–Crippen LogP) is 2.37. The molecule has 1 fully saturated rings. The lowest BCUT2D eigenvalue weighted by Crippen LogP contribution is -2.44. The molecule has 0 bridgehead atoms. The van der Waals surface area contributed by atoms with Gasteiger partial charge in [-0.05, 0) is 31.4 Å². The third kappa shape index (κ3) is 5.71. The monoisotopic (exact) mass is 481 g/mol. The first kappa shape index (κ1) is 24.7. The second-order valence-corrected chi connectivity index (χ2v) is 11.8. The van der Waals surface area contributed by atoms with Crippen molar-refractivity contribution in [3.05, 3.63) is 34.6 Å². The van der Waals surface area contributed by atoms with Crippen LogP contribution < -0.4 is 5.56 Å². The Morgan fingerprint density at radius 3 is 2.66 bits per heavy atom. The van der Waals surface area contributed by atoms with Gasteiger partial charge in [-0.3, -0.25) is 14.2 Å². The van der Waals surface area contributed by atoms with E-state index >= 15 is 0 Å². The van der Waals surface area contributed by atoms with Gasteiger partial charge in [0.2, 0.25) is 5.91 Å². The molecule has 3 rings (SSSR count). The van der Waals surface area contributed by atoms with E-state index in [0.29, 0.717) is 35.6 Å². The molecule has 1 amide bonds. The third-order valence-electron chi connectivity index (χ3n) is 5.48. The molecule has 0 radical (unpaired) electrons. The fourth-order valence-electron chi connectivity index (χ4n) is 4.01. The summed E-state index contributed by atoms with van der Waals surface area (Å²) in [7, 11) is -1.53. The number of carbonyl (C=O) groups excluding carboxylic acids is 1. The van der Waals surface area contributed by atoms with Crippen molar-refractivity contribution in [3.63, 3.8) is 0 Å². The molecule has 10 heteroatoms. The molecule has 1 aliphatic heterocycles. The number of carbonyl (C=O) groups is 1. The molecule has 32 heavy (non-hydrogen) atoms. The van der Waals surface area contributed by atoms with Crippen LogP contribution in [0.3, 0.4) is 0 Å². The van der Waals surface area contributed by atoms with Crippen LogP contribution in [-0.2, 0) is 19.4 Å². The number of amides is 1. The highest BCUT2D eigenvalue weighted by Crippen LogP contribution is 2.24. The summed E-state index contributed by atoms with van der Waals surface area (Å²) in [6.07, 6.45) is 0.468. The number of aromatic nitrogens is 2. The number of ether oxygens (including phenoxy) is 1. The van der Waals surface area contributed by atoms with Gasteiger partial charge in [0.15, 0.2) is 15.0 Å². The quantitative estimate of drug-likeness (QED) is 0.400. The van der Waals surface area contributed by atoms with Crippen LogP contribution in [0.1, 0.15) is 33.2 Å². The smallest absolute Gasteiger partial charge is 0.262 e. The van der Waals surface area contributed by atoms with Gasteiger partial charge in [-0.1, -0.05) is 37.7 Å². The van der Waals surface area contributed by atoms with E-state index in [0.717, 1.165) is 0 Å². The van der Waals surface area contributed by atoms with Crippen LogP contribution in [0.2, 0.25) is 0 Å². The molecule has 1 aromatic heterocycles. The number of fused-ring (bicyclic) bond motifs is 1. The number of para-hydroxylation sites is 1. The SMILES string of the molecule is COCC(C)n1c(SCC(=O)N(CC(C)C)C2CCS(=O)(=O)C2)nc2ccccc2c1=O. The van der Waals surface area contributed by atoms with Crippen molar-refractivity contribution in [1.29, 1.82) is 0 Å². The fourth-order valence-corrected chi connectivity index (χ4v) is 6.72. The average molecular weight is 482 g/mol. The van der Waals surface area contributed by atoms with E-state index < -0.39 is 9.84 Å². The molecular weight excluding hydrogens is 450 g/mol. The van der Waals surface area contributed by atoms with Crippen LogP contribution in [0.4, 0.5) is 0 Å². The second-order valence-electron chi connectivity index (χ2n) is 8.68. The molecule has 2 heterocycles. The lowest BCUT2D eigenvalue weighted by molar-refractivity contribution is -0.130. The van der Waals surface area contributed by atoms with E-state index in [2.05, 4.69) is 4.98 Å². The Morgan fingerprint density at radius 1 is 1.31 bits per heavy atom. The third-order valence-corrected chi connectivity index (χ3v) is 8.17. The van der Waals surface area contributed by atoms with E-state index in [1.807, 2.05) is 26.8 Å². The Morgan fingerprint density at radius 2 is 2.03 bits per heavy atom. The Balaban J connectivity index is 1.88. The van der Waals surface area contributed by atoms with Crippen LogP contribution >= 0.6 is 11.8 Å².